The van der Waals surface area contributed by atoms with E-state index >= 15 is 0 Å². The number of benzene rings is 3. The highest BCUT2D eigenvalue weighted by Gasteiger charge is 2.28. The van der Waals surface area contributed by atoms with Gasteiger partial charge in [-0.2, -0.15) is 0 Å². The third-order valence-electron chi connectivity index (χ3n) is 5.81. The van der Waals surface area contributed by atoms with Crippen molar-refractivity contribution in [2.24, 2.45) is 5.41 Å². The number of methoxy groups -OCH3 is 2. The van der Waals surface area contributed by atoms with Gasteiger partial charge in [-0.05, 0) is 53.9 Å². The van der Waals surface area contributed by atoms with Gasteiger partial charge in [0, 0.05) is 17.5 Å². The van der Waals surface area contributed by atoms with Gasteiger partial charge in [0.15, 0.2) is 17.3 Å². The van der Waals surface area contributed by atoms with Gasteiger partial charge in [-0.15, -0.1) is 0 Å². The molecule has 0 saturated carbocycles. The molecule has 0 spiro atoms. The van der Waals surface area contributed by atoms with Gasteiger partial charge in [-0.25, -0.2) is 0 Å². The number of ether oxygens (including phenoxy) is 3. The van der Waals surface area contributed by atoms with Gasteiger partial charge in [-0.1, -0.05) is 57.2 Å². The highest BCUT2D eigenvalue weighted by Crippen LogP contribution is 2.28. The van der Waals surface area contributed by atoms with Gasteiger partial charge >= 0.3 is 0 Å². The zero-order chi connectivity index (χ0) is 26.1. The Morgan fingerprint density at radius 1 is 0.806 bits per heavy atom. The van der Waals surface area contributed by atoms with Crippen molar-refractivity contribution in [3.8, 4) is 17.2 Å². The molecule has 0 bridgehead atoms. The minimum atomic E-state index is -0.604. The maximum Gasteiger partial charge on any atom is 0.228 e. The molecule has 0 aliphatic carbocycles. The SMILES string of the molecule is COc1ccc(CCN(CC(=O)c2ccc(OCc3ccccc3)cc2)C(=O)C(C)(C)C)cc1OC. The van der Waals surface area contributed by atoms with Crippen molar-refractivity contribution in [2.45, 2.75) is 33.8 Å². The predicted molar refractivity (Wildman–Crippen MR) is 141 cm³/mol. The van der Waals surface area contributed by atoms with E-state index in [0.717, 1.165) is 11.1 Å². The first-order chi connectivity index (χ1) is 17.2. The molecule has 190 valence electrons. The van der Waals surface area contributed by atoms with E-state index in [1.807, 2.05) is 69.3 Å². The van der Waals surface area contributed by atoms with Gasteiger partial charge in [0.25, 0.3) is 0 Å². The first kappa shape index (κ1) is 26.8. The van der Waals surface area contributed by atoms with Crippen LogP contribution in [0.25, 0.3) is 0 Å². The Morgan fingerprint density at radius 2 is 1.47 bits per heavy atom. The molecule has 0 aromatic heterocycles. The van der Waals surface area contributed by atoms with Crippen molar-refractivity contribution < 1.29 is 23.8 Å². The molecule has 36 heavy (non-hydrogen) atoms. The second-order valence-corrected chi connectivity index (χ2v) is 9.64. The first-order valence-corrected chi connectivity index (χ1v) is 12.0. The number of ketones is 1. The van der Waals surface area contributed by atoms with E-state index in [1.54, 1.807) is 43.4 Å². The average Bonchev–Trinajstić information content (AvgIpc) is 2.89. The van der Waals surface area contributed by atoms with Crippen LogP contribution in [0, 0.1) is 5.41 Å². The Balaban J connectivity index is 1.66. The topological polar surface area (TPSA) is 65.1 Å². The zero-order valence-corrected chi connectivity index (χ0v) is 21.7. The number of hydrogen-bond acceptors (Lipinski definition) is 5. The van der Waals surface area contributed by atoms with Crippen molar-refractivity contribution in [3.63, 3.8) is 0 Å². The number of rotatable bonds is 11. The van der Waals surface area contributed by atoms with Crippen LogP contribution in [-0.2, 0) is 17.8 Å². The molecule has 1 amide bonds. The van der Waals surface area contributed by atoms with Crippen molar-refractivity contribution >= 4 is 11.7 Å². The summed E-state index contributed by atoms with van der Waals surface area (Å²) in [5, 5.41) is 0. The second-order valence-electron chi connectivity index (χ2n) is 9.64. The Morgan fingerprint density at radius 3 is 2.08 bits per heavy atom. The number of Topliss-reactive ketones (excluding diaryl/α,β-unsaturated/α-hetero) is 1. The van der Waals surface area contributed by atoms with Gasteiger partial charge in [0.1, 0.15) is 12.4 Å². The van der Waals surface area contributed by atoms with Crippen molar-refractivity contribution in [3.05, 3.63) is 89.5 Å². The lowest BCUT2D eigenvalue weighted by Crippen LogP contribution is -2.43. The van der Waals surface area contributed by atoms with Crippen LogP contribution in [0.5, 0.6) is 17.2 Å². The molecule has 0 aliphatic rings. The summed E-state index contributed by atoms with van der Waals surface area (Å²) in [6.07, 6.45) is 0.585. The van der Waals surface area contributed by atoms with Gasteiger partial charge in [0.05, 0.1) is 20.8 Å². The standard InChI is InChI=1S/C30H35NO5/c1-30(2,3)29(33)31(18-17-22-11-16-27(34-4)28(19-22)35-5)20-26(32)24-12-14-25(15-13-24)36-21-23-9-7-6-8-10-23/h6-16,19H,17-18,20-21H2,1-5H3. The molecule has 0 atom stereocenters. The van der Waals surface area contributed by atoms with E-state index in [2.05, 4.69) is 0 Å². The number of hydrogen-bond donors (Lipinski definition) is 0. The lowest BCUT2D eigenvalue weighted by Gasteiger charge is -2.29. The van der Waals surface area contributed by atoms with E-state index < -0.39 is 5.41 Å². The molecule has 0 N–H and O–H groups in total. The van der Waals surface area contributed by atoms with Gasteiger partial charge < -0.3 is 19.1 Å². The second kappa shape index (κ2) is 12.2. The van der Waals surface area contributed by atoms with Crippen molar-refractivity contribution in [1.82, 2.24) is 4.90 Å². The summed E-state index contributed by atoms with van der Waals surface area (Å²) in [6.45, 7) is 6.47. The smallest absolute Gasteiger partial charge is 0.228 e. The fourth-order valence-electron chi connectivity index (χ4n) is 3.77. The summed E-state index contributed by atoms with van der Waals surface area (Å²) >= 11 is 0. The lowest BCUT2D eigenvalue weighted by atomic mass is 9.94. The molecule has 6 nitrogen and oxygen atoms in total. The monoisotopic (exact) mass is 489 g/mol. The molecule has 0 saturated heterocycles. The molecule has 0 unspecified atom stereocenters. The van der Waals surface area contributed by atoms with Crippen molar-refractivity contribution in [2.75, 3.05) is 27.3 Å². The Bertz CT molecular complexity index is 1150. The Labute approximate surface area is 213 Å². The average molecular weight is 490 g/mol. The summed E-state index contributed by atoms with van der Waals surface area (Å²) in [4.78, 5) is 27.9. The maximum atomic E-state index is 13.2. The molecule has 0 heterocycles. The molecule has 0 fully saturated rings. The first-order valence-electron chi connectivity index (χ1n) is 12.0. The van der Waals surface area contributed by atoms with E-state index in [-0.39, 0.29) is 18.2 Å². The highest BCUT2D eigenvalue weighted by atomic mass is 16.5. The molecule has 3 aromatic rings. The van der Waals surface area contributed by atoms with Crippen LogP contribution >= 0.6 is 0 Å². The van der Waals surface area contributed by atoms with E-state index in [0.29, 0.717) is 42.4 Å². The van der Waals surface area contributed by atoms with E-state index in [4.69, 9.17) is 14.2 Å². The van der Waals surface area contributed by atoms with E-state index in [9.17, 15) is 9.59 Å². The number of amides is 1. The van der Waals surface area contributed by atoms with Crippen LogP contribution in [0.15, 0.2) is 72.8 Å². The number of carbonyl (C=O) groups is 2. The fraction of sp³-hybridized carbons (Fsp3) is 0.333. The fourth-order valence-corrected chi connectivity index (χ4v) is 3.77. The molecular formula is C30H35NO5. The summed E-state index contributed by atoms with van der Waals surface area (Å²) in [5.41, 5.74) is 2.00. The van der Waals surface area contributed by atoms with E-state index in [1.165, 1.54) is 0 Å². The Kier molecular flexibility index (Phi) is 9.12. The number of carbonyl (C=O) groups excluding carboxylic acids is 2. The lowest BCUT2D eigenvalue weighted by molar-refractivity contribution is -0.138. The summed E-state index contributed by atoms with van der Waals surface area (Å²) in [5.74, 6) is 1.78. The molecule has 0 radical (unpaired) electrons. The molecular weight excluding hydrogens is 454 g/mol. The summed E-state index contributed by atoms with van der Waals surface area (Å²) in [7, 11) is 3.18. The number of nitrogens with zero attached hydrogens (tertiary/aromatic N) is 1. The van der Waals surface area contributed by atoms with Crippen LogP contribution in [-0.4, -0.2) is 43.9 Å². The molecule has 3 rings (SSSR count). The largest absolute Gasteiger partial charge is 0.493 e. The third-order valence-corrected chi connectivity index (χ3v) is 5.81. The normalized spacial score (nSPS) is 11.0. The van der Waals surface area contributed by atoms with Crippen molar-refractivity contribution in [1.29, 1.82) is 0 Å². The van der Waals surface area contributed by atoms with Gasteiger partial charge in [-0.3, -0.25) is 9.59 Å². The van der Waals surface area contributed by atoms with Crippen LogP contribution in [0.1, 0.15) is 42.3 Å². The summed E-state index contributed by atoms with van der Waals surface area (Å²) < 4.78 is 16.5. The Hall–Kier alpha value is -3.80. The molecule has 3 aromatic carbocycles. The quantitative estimate of drug-likeness (QED) is 0.329. The molecule has 0 aliphatic heterocycles. The van der Waals surface area contributed by atoms with Gasteiger partial charge in [0.2, 0.25) is 5.91 Å². The van der Waals surface area contributed by atoms with Crippen LogP contribution in [0.3, 0.4) is 0 Å². The third kappa shape index (κ3) is 7.35. The minimum absolute atomic E-state index is 0.00755. The van der Waals surface area contributed by atoms with Crippen LogP contribution < -0.4 is 14.2 Å². The highest BCUT2D eigenvalue weighted by molar-refractivity contribution is 5.99. The molecule has 6 heteroatoms. The zero-order valence-electron chi connectivity index (χ0n) is 21.7. The maximum absolute atomic E-state index is 13.2. The minimum Gasteiger partial charge on any atom is -0.493 e. The summed E-state index contributed by atoms with van der Waals surface area (Å²) in [6, 6.07) is 22.7. The van der Waals surface area contributed by atoms with Crippen LogP contribution in [0.2, 0.25) is 0 Å². The predicted octanol–water partition coefficient (Wildman–Crippen LogP) is 5.58. The van der Waals surface area contributed by atoms with Crippen LogP contribution in [0.4, 0.5) is 0 Å².